The van der Waals surface area contributed by atoms with E-state index in [1.807, 2.05) is 12.3 Å². The van der Waals surface area contributed by atoms with Crippen LogP contribution in [0.15, 0.2) is 29.6 Å². The SMILES string of the molecule is CC(C)c1ccc(C(C)NC(=O)Cc2csc(C(C)C)n2)cc1. The monoisotopic (exact) mass is 330 g/mol. The summed E-state index contributed by atoms with van der Waals surface area (Å²) in [6.07, 6.45) is 0.345. The number of amides is 1. The lowest BCUT2D eigenvalue weighted by Gasteiger charge is -2.15. The van der Waals surface area contributed by atoms with E-state index in [0.29, 0.717) is 18.3 Å². The minimum atomic E-state index is 0.00640. The van der Waals surface area contributed by atoms with Crippen LogP contribution >= 0.6 is 11.3 Å². The van der Waals surface area contributed by atoms with Crippen LogP contribution < -0.4 is 5.32 Å². The third-order valence-corrected chi connectivity index (χ3v) is 5.08. The molecule has 0 bridgehead atoms. The summed E-state index contributed by atoms with van der Waals surface area (Å²) < 4.78 is 0. The van der Waals surface area contributed by atoms with Crippen LogP contribution in [-0.4, -0.2) is 10.9 Å². The zero-order valence-corrected chi connectivity index (χ0v) is 15.4. The Morgan fingerprint density at radius 2 is 1.65 bits per heavy atom. The molecule has 2 aromatic rings. The van der Waals surface area contributed by atoms with Crippen molar-refractivity contribution in [3.05, 3.63) is 51.5 Å². The molecule has 0 aliphatic heterocycles. The summed E-state index contributed by atoms with van der Waals surface area (Å²) >= 11 is 1.63. The van der Waals surface area contributed by atoms with Crippen LogP contribution in [0.25, 0.3) is 0 Å². The number of benzene rings is 1. The van der Waals surface area contributed by atoms with Crippen molar-refractivity contribution in [3.63, 3.8) is 0 Å². The van der Waals surface area contributed by atoms with Gasteiger partial charge in [0, 0.05) is 11.3 Å². The third kappa shape index (κ3) is 4.90. The largest absolute Gasteiger partial charge is 0.349 e. The van der Waals surface area contributed by atoms with Gasteiger partial charge in [0.25, 0.3) is 0 Å². The quantitative estimate of drug-likeness (QED) is 0.826. The Morgan fingerprint density at radius 1 is 1.04 bits per heavy atom. The Hall–Kier alpha value is -1.68. The molecule has 1 atom stereocenters. The molecule has 0 fully saturated rings. The molecule has 1 heterocycles. The standard InChI is InChI=1S/C19H26N2OS/c1-12(2)15-6-8-16(9-7-15)14(5)20-18(22)10-17-11-23-19(21-17)13(3)4/h6-9,11-14H,10H2,1-5H3,(H,20,22). The van der Waals surface area contributed by atoms with Gasteiger partial charge in [-0.2, -0.15) is 0 Å². The first-order valence-corrected chi connectivity index (χ1v) is 9.08. The van der Waals surface area contributed by atoms with Crippen molar-refractivity contribution < 1.29 is 4.79 Å². The van der Waals surface area contributed by atoms with Crippen LogP contribution in [0.2, 0.25) is 0 Å². The van der Waals surface area contributed by atoms with Gasteiger partial charge in [0.1, 0.15) is 0 Å². The lowest BCUT2D eigenvalue weighted by Crippen LogP contribution is -2.28. The van der Waals surface area contributed by atoms with E-state index in [-0.39, 0.29) is 11.9 Å². The molecule has 124 valence electrons. The second-order valence-corrected chi connectivity index (χ2v) is 7.51. The second-order valence-electron chi connectivity index (χ2n) is 6.62. The average Bonchev–Trinajstić information content (AvgIpc) is 2.95. The molecule has 2 rings (SSSR count). The Bertz CT molecular complexity index is 644. The van der Waals surface area contributed by atoms with Gasteiger partial charge in [0.15, 0.2) is 0 Å². The first-order valence-electron chi connectivity index (χ1n) is 8.20. The highest BCUT2D eigenvalue weighted by Gasteiger charge is 2.13. The summed E-state index contributed by atoms with van der Waals surface area (Å²) in [7, 11) is 0. The van der Waals surface area contributed by atoms with Crippen LogP contribution in [0.4, 0.5) is 0 Å². The van der Waals surface area contributed by atoms with Crippen molar-refractivity contribution in [2.24, 2.45) is 0 Å². The first-order chi connectivity index (χ1) is 10.9. The molecule has 1 aromatic heterocycles. The van der Waals surface area contributed by atoms with Gasteiger partial charge in [-0.25, -0.2) is 4.98 Å². The van der Waals surface area contributed by atoms with E-state index in [4.69, 9.17) is 0 Å². The van der Waals surface area contributed by atoms with Gasteiger partial charge in [-0.15, -0.1) is 11.3 Å². The van der Waals surface area contributed by atoms with Crippen LogP contribution in [0.3, 0.4) is 0 Å². The van der Waals surface area contributed by atoms with Crippen molar-refractivity contribution in [1.29, 1.82) is 0 Å². The fraction of sp³-hybridized carbons (Fsp3) is 0.474. The number of hydrogen-bond acceptors (Lipinski definition) is 3. The molecular formula is C19H26N2OS. The average molecular weight is 330 g/mol. The summed E-state index contributed by atoms with van der Waals surface area (Å²) in [5.41, 5.74) is 3.30. The number of thiazole rings is 1. The maximum absolute atomic E-state index is 12.2. The van der Waals surface area contributed by atoms with E-state index < -0.39 is 0 Å². The molecule has 1 amide bonds. The van der Waals surface area contributed by atoms with E-state index in [1.54, 1.807) is 11.3 Å². The van der Waals surface area contributed by atoms with Crippen LogP contribution in [0, 0.1) is 0 Å². The molecule has 23 heavy (non-hydrogen) atoms. The van der Waals surface area contributed by atoms with E-state index in [9.17, 15) is 4.79 Å². The van der Waals surface area contributed by atoms with E-state index in [1.165, 1.54) is 5.56 Å². The molecule has 0 radical (unpaired) electrons. The second kappa shape index (κ2) is 7.73. The molecule has 0 spiro atoms. The summed E-state index contributed by atoms with van der Waals surface area (Å²) in [5, 5.41) is 6.13. The van der Waals surface area contributed by atoms with Gasteiger partial charge in [0.05, 0.1) is 23.2 Å². The number of aromatic nitrogens is 1. The summed E-state index contributed by atoms with van der Waals surface area (Å²) in [4.78, 5) is 16.7. The predicted molar refractivity (Wildman–Crippen MR) is 97.0 cm³/mol. The number of carbonyl (C=O) groups is 1. The lowest BCUT2D eigenvalue weighted by atomic mass is 9.99. The van der Waals surface area contributed by atoms with Gasteiger partial charge >= 0.3 is 0 Å². The molecule has 1 N–H and O–H groups in total. The van der Waals surface area contributed by atoms with E-state index in [2.05, 4.69) is 62.3 Å². The maximum atomic E-state index is 12.2. The molecule has 3 nitrogen and oxygen atoms in total. The number of rotatable bonds is 6. The fourth-order valence-corrected chi connectivity index (χ4v) is 3.21. The number of hydrogen-bond donors (Lipinski definition) is 1. The Morgan fingerprint density at radius 3 is 2.17 bits per heavy atom. The van der Waals surface area contributed by atoms with Crippen molar-refractivity contribution in [2.45, 2.75) is 58.9 Å². The van der Waals surface area contributed by atoms with Crippen LogP contribution in [0.5, 0.6) is 0 Å². The smallest absolute Gasteiger partial charge is 0.226 e. The van der Waals surface area contributed by atoms with E-state index >= 15 is 0 Å². The zero-order valence-electron chi connectivity index (χ0n) is 14.6. The normalized spacial score (nSPS) is 12.7. The fourth-order valence-electron chi connectivity index (χ4n) is 2.38. The van der Waals surface area contributed by atoms with Gasteiger partial charge in [-0.3, -0.25) is 4.79 Å². The summed E-state index contributed by atoms with van der Waals surface area (Å²) in [6.45, 7) is 10.6. The Labute approximate surface area is 143 Å². The first kappa shape index (κ1) is 17.7. The highest BCUT2D eigenvalue weighted by Crippen LogP contribution is 2.20. The van der Waals surface area contributed by atoms with Crippen molar-refractivity contribution in [1.82, 2.24) is 10.3 Å². The summed E-state index contributed by atoms with van der Waals surface area (Å²) in [5.74, 6) is 0.954. The van der Waals surface area contributed by atoms with Crippen molar-refractivity contribution in [2.75, 3.05) is 0 Å². The molecule has 0 aliphatic carbocycles. The number of carbonyl (C=O) groups excluding carboxylic acids is 1. The van der Waals surface area contributed by atoms with Crippen LogP contribution in [0.1, 0.15) is 74.3 Å². The lowest BCUT2D eigenvalue weighted by molar-refractivity contribution is -0.121. The molecule has 0 saturated carbocycles. The highest BCUT2D eigenvalue weighted by molar-refractivity contribution is 7.09. The van der Waals surface area contributed by atoms with Gasteiger partial charge < -0.3 is 5.32 Å². The zero-order chi connectivity index (χ0) is 17.0. The molecule has 0 saturated heterocycles. The minimum Gasteiger partial charge on any atom is -0.349 e. The van der Waals surface area contributed by atoms with Gasteiger partial charge in [0.2, 0.25) is 5.91 Å². The molecule has 1 unspecified atom stereocenters. The van der Waals surface area contributed by atoms with Crippen molar-refractivity contribution in [3.8, 4) is 0 Å². The minimum absolute atomic E-state index is 0.00640. The molecule has 1 aromatic carbocycles. The van der Waals surface area contributed by atoms with Gasteiger partial charge in [-0.1, -0.05) is 52.0 Å². The van der Waals surface area contributed by atoms with Gasteiger partial charge in [-0.05, 0) is 24.0 Å². The molecular weight excluding hydrogens is 304 g/mol. The topological polar surface area (TPSA) is 42.0 Å². The third-order valence-electron chi connectivity index (χ3n) is 3.89. The maximum Gasteiger partial charge on any atom is 0.226 e. The Kier molecular flexibility index (Phi) is 5.94. The van der Waals surface area contributed by atoms with Crippen molar-refractivity contribution >= 4 is 17.2 Å². The molecule has 4 heteroatoms. The summed E-state index contributed by atoms with van der Waals surface area (Å²) in [6, 6.07) is 8.47. The highest BCUT2D eigenvalue weighted by atomic mass is 32.1. The number of nitrogens with one attached hydrogen (secondary N) is 1. The Balaban J connectivity index is 1.93. The predicted octanol–water partition coefficient (Wildman–Crippen LogP) is 4.81. The van der Waals surface area contributed by atoms with Crippen LogP contribution in [-0.2, 0) is 11.2 Å². The molecule has 0 aliphatic rings. The number of nitrogens with zero attached hydrogens (tertiary/aromatic N) is 1. The van der Waals surface area contributed by atoms with E-state index in [0.717, 1.165) is 16.3 Å².